The van der Waals surface area contributed by atoms with E-state index in [9.17, 15) is 30.4 Å². The quantitative estimate of drug-likeness (QED) is 0.370. The van der Waals surface area contributed by atoms with Gasteiger partial charge in [0.25, 0.3) is 0 Å². The molecule has 0 saturated carbocycles. The molecule has 0 amide bonds. The fraction of sp³-hybridized carbons (Fsp3) is 0.667. The summed E-state index contributed by atoms with van der Waals surface area (Å²) in [6.07, 6.45) is 1.96. The molecule has 1 aromatic rings. The third kappa shape index (κ3) is 7.64. The molecule has 146 valence electrons. The number of hydrogen-bond acceptors (Lipinski definition) is 3. The molecule has 1 N–H and O–H groups in total. The molecule has 0 fully saturated rings. The predicted octanol–water partition coefficient (Wildman–Crippen LogP) is 4.88. The van der Waals surface area contributed by atoms with Gasteiger partial charge in [-0.3, -0.25) is 9.54 Å². The second-order valence-electron chi connectivity index (χ2n) is 5.31. The van der Waals surface area contributed by atoms with E-state index in [1.165, 1.54) is 0 Å². The Morgan fingerprint density at radius 2 is 1.52 bits per heavy atom. The van der Waals surface area contributed by atoms with Crippen molar-refractivity contribution < 1.29 is 34.9 Å². The molecule has 1 atom stereocenters. The minimum atomic E-state index is -6.37. The highest BCUT2D eigenvalue weighted by atomic mass is 32.2. The van der Waals surface area contributed by atoms with Crippen molar-refractivity contribution >= 4 is 10.1 Å². The van der Waals surface area contributed by atoms with Crippen LogP contribution in [0.2, 0.25) is 0 Å². The van der Waals surface area contributed by atoms with Crippen LogP contribution in [0.15, 0.2) is 30.6 Å². The third-order valence-corrected chi connectivity index (χ3v) is 4.15. The highest BCUT2D eigenvalue weighted by Crippen LogP contribution is 2.43. The van der Waals surface area contributed by atoms with Gasteiger partial charge in [-0.15, -0.1) is 0 Å². The molecule has 0 radical (unpaired) electrons. The Balaban J connectivity index is 0.000000796. The number of alkyl halides is 5. The van der Waals surface area contributed by atoms with E-state index in [1.54, 1.807) is 12.4 Å². The number of nitrogens with zero attached hydrogens (tertiary/aromatic N) is 1. The molecule has 1 rings (SSSR count). The van der Waals surface area contributed by atoms with E-state index in [1.807, 2.05) is 25.1 Å². The Kier molecular flexibility index (Phi) is 10.1. The molecule has 4 nitrogen and oxygen atoms in total. The molecular formula is C15H22F5NO3S. The highest BCUT2D eigenvalue weighted by Gasteiger charge is 2.69. The predicted molar refractivity (Wildman–Crippen MR) is 84.0 cm³/mol. The van der Waals surface area contributed by atoms with Crippen LogP contribution in [0, 0.1) is 0 Å². The van der Waals surface area contributed by atoms with Crippen molar-refractivity contribution in [2.24, 2.45) is 0 Å². The lowest BCUT2D eigenvalue weighted by Crippen LogP contribution is -2.52. The maximum Gasteiger partial charge on any atom is 0.434 e. The van der Waals surface area contributed by atoms with Crippen molar-refractivity contribution in [1.29, 1.82) is 0 Å². The fourth-order valence-corrected chi connectivity index (χ4v) is 2.25. The molecule has 0 saturated heterocycles. The first-order chi connectivity index (χ1) is 11.5. The molecule has 1 aromatic heterocycles. The first-order valence-corrected chi connectivity index (χ1v) is 9.14. The van der Waals surface area contributed by atoms with Crippen molar-refractivity contribution in [2.75, 3.05) is 0 Å². The topological polar surface area (TPSA) is 67.3 Å². The van der Waals surface area contributed by atoms with Gasteiger partial charge in [0.05, 0.1) is 0 Å². The SMILES string of the molecule is CCCCCCCC(F)C(F)(F)C(F)(F)S(=O)(=O)O.c1ccncc1. The number of pyridine rings is 1. The van der Waals surface area contributed by atoms with Crippen LogP contribution in [-0.2, 0) is 10.1 Å². The average molecular weight is 391 g/mol. The standard InChI is InChI=1S/C10H17F5O3S.C5H5N/c1-2-3-4-5-6-7-8(11)9(12,13)10(14,15)19(16,17)18;1-2-4-6-5-3-1/h8H,2-7H2,1H3,(H,16,17,18);1-5H. The van der Waals surface area contributed by atoms with Crippen molar-refractivity contribution in [3.05, 3.63) is 30.6 Å². The average Bonchev–Trinajstić information content (AvgIpc) is 2.55. The van der Waals surface area contributed by atoms with E-state index in [-0.39, 0.29) is 6.42 Å². The van der Waals surface area contributed by atoms with Crippen LogP contribution in [0.4, 0.5) is 22.0 Å². The first kappa shape index (κ1) is 23.7. The van der Waals surface area contributed by atoms with E-state index >= 15 is 0 Å². The van der Waals surface area contributed by atoms with Crippen LogP contribution in [0.1, 0.15) is 45.4 Å². The lowest BCUT2D eigenvalue weighted by molar-refractivity contribution is -0.198. The summed E-state index contributed by atoms with van der Waals surface area (Å²) in [7, 11) is -6.37. The smallest absolute Gasteiger partial charge is 0.281 e. The normalized spacial score (nSPS) is 13.7. The maximum atomic E-state index is 13.1. The van der Waals surface area contributed by atoms with Gasteiger partial charge >= 0.3 is 21.3 Å². The van der Waals surface area contributed by atoms with Gasteiger partial charge < -0.3 is 0 Å². The second-order valence-corrected chi connectivity index (χ2v) is 6.77. The minimum absolute atomic E-state index is 0.0572. The van der Waals surface area contributed by atoms with Crippen LogP contribution >= 0.6 is 0 Å². The molecule has 0 spiro atoms. The molecule has 0 aromatic carbocycles. The Morgan fingerprint density at radius 3 is 1.88 bits per heavy atom. The third-order valence-electron chi connectivity index (χ3n) is 3.23. The van der Waals surface area contributed by atoms with E-state index in [0.29, 0.717) is 12.8 Å². The molecule has 1 heterocycles. The minimum Gasteiger partial charge on any atom is -0.281 e. The summed E-state index contributed by atoms with van der Waals surface area (Å²) in [5.41, 5.74) is 0. The van der Waals surface area contributed by atoms with Gasteiger partial charge in [-0.2, -0.15) is 26.0 Å². The van der Waals surface area contributed by atoms with E-state index < -0.39 is 33.9 Å². The Morgan fingerprint density at radius 1 is 1.00 bits per heavy atom. The zero-order chi connectivity index (χ0) is 19.6. The summed E-state index contributed by atoms with van der Waals surface area (Å²) in [5, 5.41) is -5.83. The zero-order valence-electron chi connectivity index (χ0n) is 13.7. The molecule has 25 heavy (non-hydrogen) atoms. The van der Waals surface area contributed by atoms with Crippen LogP contribution in [0.3, 0.4) is 0 Å². The molecular weight excluding hydrogens is 369 g/mol. The van der Waals surface area contributed by atoms with Gasteiger partial charge in [-0.25, -0.2) is 4.39 Å². The number of aromatic nitrogens is 1. The largest absolute Gasteiger partial charge is 0.434 e. The van der Waals surface area contributed by atoms with Gasteiger partial charge in [0, 0.05) is 12.4 Å². The van der Waals surface area contributed by atoms with Crippen LogP contribution in [-0.4, -0.2) is 35.3 Å². The molecule has 1 unspecified atom stereocenters. The second kappa shape index (κ2) is 10.6. The van der Waals surface area contributed by atoms with Crippen LogP contribution in [0.5, 0.6) is 0 Å². The number of halogens is 5. The highest BCUT2D eigenvalue weighted by molar-refractivity contribution is 7.87. The van der Waals surface area contributed by atoms with Crippen molar-refractivity contribution in [3.63, 3.8) is 0 Å². The molecule has 0 aliphatic heterocycles. The van der Waals surface area contributed by atoms with Crippen molar-refractivity contribution in [3.8, 4) is 0 Å². The summed E-state index contributed by atoms with van der Waals surface area (Å²) in [5.74, 6) is -5.45. The van der Waals surface area contributed by atoms with E-state index in [0.717, 1.165) is 12.8 Å². The Bertz CT molecular complexity index is 543. The lowest BCUT2D eigenvalue weighted by atomic mass is 10.0. The summed E-state index contributed by atoms with van der Waals surface area (Å²) < 4.78 is 93.0. The molecule has 0 aliphatic rings. The summed E-state index contributed by atoms with van der Waals surface area (Å²) in [4.78, 5) is 3.78. The molecule has 10 heteroatoms. The lowest BCUT2D eigenvalue weighted by Gasteiger charge is -2.26. The first-order valence-electron chi connectivity index (χ1n) is 7.70. The summed E-state index contributed by atoms with van der Waals surface area (Å²) >= 11 is 0. The summed E-state index contributed by atoms with van der Waals surface area (Å²) in [6, 6.07) is 5.72. The number of rotatable bonds is 9. The fourth-order valence-electron chi connectivity index (χ4n) is 1.78. The van der Waals surface area contributed by atoms with Gasteiger partial charge in [0.1, 0.15) is 0 Å². The zero-order valence-corrected chi connectivity index (χ0v) is 14.5. The number of hydrogen-bond donors (Lipinski definition) is 1. The Hall–Kier alpha value is -1.29. The summed E-state index contributed by atoms with van der Waals surface area (Å²) in [6.45, 7) is 1.90. The van der Waals surface area contributed by atoms with E-state index in [4.69, 9.17) is 4.55 Å². The maximum absolute atomic E-state index is 13.1. The molecule has 0 bridgehead atoms. The van der Waals surface area contributed by atoms with Crippen LogP contribution < -0.4 is 0 Å². The Labute approximate surface area is 144 Å². The van der Waals surface area contributed by atoms with Gasteiger partial charge in [-0.1, -0.05) is 45.1 Å². The van der Waals surface area contributed by atoms with Crippen LogP contribution in [0.25, 0.3) is 0 Å². The van der Waals surface area contributed by atoms with Gasteiger partial charge in [0.15, 0.2) is 6.17 Å². The monoisotopic (exact) mass is 391 g/mol. The molecule has 0 aliphatic carbocycles. The van der Waals surface area contributed by atoms with Gasteiger partial charge in [0.2, 0.25) is 0 Å². The van der Waals surface area contributed by atoms with E-state index in [2.05, 4.69) is 4.98 Å². The van der Waals surface area contributed by atoms with Gasteiger partial charge in [-0.05, 0) is 18.6 Å². The van der Waals surface area contributed by atoms with Crippen molar-refractivity contribution in [1.82, 2.24) is 4.98 Å². The van der Waals surface area contributed by atoms with Crippen molar-refractivity contribution in [2.45, 2.75) is 62.8 Å². The number of unbranched alkanes of at least 4 members (excludes halogenated alkanes) is 4.